The number of amides is 1. The molecule has 3 aromatic rings. The zero-order chi connectivity index (χ0) is 21.4. The third-order valence-corrected chi connectivity index (χ3v) is 6.89. The Bertz CT molecular complexity index is 1070. The van der Waals surface area contributed by atoms with E-state index in [1.807, 2.05) is 30.3 Å². The lowest BCUT2D eigenvalue weighted by molar-refractivity contribution is 0.0726. The molecule has 160 valence electrons. The first kappa shape index (κ1) is 19.9. The van der Waals surface area contributed by atoms with Crippen molar-refractivity contribution in [3.63, 3.8) is 0 Å². The normalized spacial score (nSPS) is 21.0. The minimum atomic E-state index is -0.473. The van der Waals surface area contributed by atoms with Crippen molar-refractivity contribution in [2.24, 2.45) is 5.41 Å². The number of nitrogens with one attached hydrogen (secondary N) is 1. The van der Waals surface area contributed by atoms with Gasteiger partial charge in [0.15, 0.2) is 5.82 Å². The highest BCUT2D eigenvalue weighted by Gasteiger charge is 2.51. The van der Waals surface area contributed by atoms with Crippen molar-refractivity contribution in [2.75, 3.05) is 33.2 Å². The molecule has 0 saturated carbocycles. The van der Waals surface area contributed by atoms with E-state index in [4.69, 9.17) is 4.98 Å². The van der Waals surface area contributed by atoms with Crippen molar-refractivity contribution in [1.29, 1.82) is 0 Å². The van der Waals surface area contributed by atoms with E-state index in [-0.39, 0.29) is 22.8 Å². The second-order valence-electron chi connectivity index (χ2n) is 8.79. The van der Waals surface area contributed by atoms with Crippen LogP contribution in [-0.2, 0) is 0 Å². The van der Waals surface area contributed by atoms with E-state index >= 15 is 0 Å². The lowest BCUT2D eigenvalue weighted by Crippen LogP contribution is -2.42. The van der Waals surface area contributed by atoms with Crippen LogP contribution in [0.4, 0.5) is 4.39 Å². The molecule has 0 radical (unpaired) electrons. The monoisotopic (exact) mass is 419 g/mol. The maximum absolute atomic E-state index is 14.3. The fraction of sp³-hybridized carbons (Fsp3) is 0.375. The lowest BCUT2D eigenvalue weighted by atomic mass is 9.70. The third kappa shape index (κ3) is 3.63. The number of benzene rings is 2. The summed E-state index contributed by atoms with van der Waals surface area (Å²) in [6.07, 6.45) is 1.94. The number of likely N-dealkylation sites (tertiary alicyclic amines) is 2. The summed E-state index contributed by atoms with van der Waals surface area (Å²) < 4.78 is 14.3. The van der Waals surface area contributed by atoms with Crippen LogP contribution in [0.3, 0.4) is 0 Å². The SMILES string of the molecule is CN1CCC2(CC1)CN(C(=O)c1ccccc1F)CC2c1nc(-c2ccccc2)n[nH]1. The van der Waals surface area contributed by atoms with Gasteiger partial charge >= 0.3 is 0 Å². The smallest absolute Gasteiger partial charge is 0.256 e. The molecule has 5 rings (SSSR count). The summed E-state index contributed by atoms with van der Waals surface area (Å²) in [5.74, 6) is 0.799. The van der Waals surface area contributed by atoms with Crippen molar-refractivity contribution in [2.45, 2.75) is 18.8 Å². The zero-order valence-corrected chi connectivity index (χ0v) is 17.6. The lowest BCUT2D eigenvalue weighted by Gasteiger charge is -2.40. The molecular formula is C24H26FN5O. The number of rotatable bonds is 3. The molecule has 2 saturated heterocycles. The Morgan fingerprint density at radius 1 is 1.10 bits per heavy atom. The maximum atomic E-state index is 14.3. The van der Waals surface area contributed by atoms with Crippen LogP contribution in [0.15, 0.2) is 54.6 Å². The first-order valence-corrected chi connectivity index (χ1v) is 10.8. The van der Waals surface area contributed by atoms with Gasteiger partial charge in [0.1, 0.15) is 11.6 Å². The Morgan fingerprint density at radius 3 is 2.55 bits per heavy atom. The minimum absolute atomic E-state index is 0.0434. The number of carbonyl (C=O) groups excluding carboxylic acids is 1. The molecule has 1 amide bonds. The molecule has 7 heteroatoms. The fourth-order valence-corrected chi connectivity index (χ4v) is 5.02. The molecule has 1 atom stereocenters. The first-order chi connectivity index (χ1) is 15.1. The molecule has 1 unspecified atom stereocenters. The molecule has 1 spiro atoms. The van der Waals surface area contributed by atoms with Crippen LogP contribution < -0.4 is 0 Å². The highest BCUT2D eigenvalue weighted by atomic mass is 19.1. The molecular weight excluding hydrogens is 393 g/mol. The molecule has 6 nitrogen and oxygen atoms in total. The molecule has 1 aromatic heterocycles. The number of aromatic amines is 1. The van der Waals surface area contributed by atoms with Gasteiger partial charge in [-0.25, -0.2) is 9.37 Å². The van der Waals surface area contributed by atoms with Gasteiger partial charge in [0, 0.05) is 30.0 Å². The van der Waals surface area contributed by atoms with Crippen LogP contribution in [0.2, 0.25) is 0 Å². The number of hydrogen-bond donors (Lipinski definition) is 1. The van der Waals surface area contributed by atoms with Crippen LogP contribution in [-0.4, -0.2) is 64.1 Å². The summed E-state index contributed by atoms with van der Waals surface area (Å²) in [5.41, 5.74) is 1.01. The number of H-pyrrole nitrogens is 1. The predicted octanol–water partition coefficient (Wildman–Crippen LogP) is 3.56. The Kier molecular flexibility index (Phi) is 5.06. The minimum Gasteiger partial charge on any atom is -0.337 e. The molecule has 0 bridgehead atoms. The average Bonchev–Trinajstić information content (AvgIpc) is 3.42. The zero-order valence-electron chi connectivity index (χ0n) is 17.6. The van der Waals surface area contributed by atoms with Crippen molar-refractivity contribution in [1.82, 2.24) is 25.0 Å². The van der Waals surface area contributed by atoms with Gasteiger partial charge in [-0.3, -0.25) is 9.89 Å². The Balaban J connectivity index is 1.47. The van der Waals surface area contributed by atoms with Gasteiger partial charge in [0.2, 0.25) is 0 Å². The highest BCUT2D eigenvalue weighted by Crippen LogP contribution is 2.49. The Morgan fingerprint density at radius 2 is 1.81 bits per heavy atom. The van der Waals surface area contributed by atoms with Crippen LogP contribution >= 0.6 is 0 Å². The van der Waals surface area contributed by atoms with E-state index in [1.54, 1.807) is 23.1 Å². The Labute approximate surface area is 181 Å². The van der Waals surface area contributed by atoms with Gasteiger partial charge in [-0.15, -0.1) is 0 Å². The van der Waals surface area contributed by atoms with Crippen molar-refractivity contribution >= 4 is 5.91 Å². The number of hydrogen-bond acceptors (Lipinski definition) is 4. The summed E-state index contributed by atoms with van der Waals surface area (Å²) in [4.78, 5) is 22.1. The van der Waals surface area contributed by atoms with E-state index in [1.165, 1.54) is 6.07 Å². The molecule has 2 aromatic carbocycles. The largest absolute Gasteiger partial charge is 0.337 e. The molecule has 31 heavy (non-hydrogen) atoms. The number of nitrogens with zero attached hydrogens (tertiary/aromatic N) is 4. The van der Waals surface area contributed by atoms with E-state index in [2.05, 4.69) is 22.1 Å². The highest BCUT2D eigenvalue weighted by molar-refractivity contribution is 5.94. The summed E-state index contributed by atoms with van der Waals surface area (Å²) >= 11 is 0. The van der Waals surface area contributed by atoms with Gasteiger partial charge in [-0.05, 0) is 45.1 Å². The number of aromatic nitrogens is 3. The van der Waals surface area contributed by atoms with Gasteiger partial charge < -0.3 is 9.80 Å². The van der Waals surface area contributed by atoms with E-state index < -0.39 is 5.82 Å². The molecule has 2 aliphatic rings. The van der Waals surface area contributed by atoms with Gasteiger partial charge in [-0.1, -0.05) is 42.5 Å². The summed E-state index contributed by atoms with van der Waals surface area (Å²) in [7, 11) is 2.13. The van der Waals surface area contributed by atoms with E-state index in [0.717, 1.165) is 37.3 Å². The van der Waals surface area contributed by atoms with Crippen LogP contribution in [0.25, 0.3) is 11.4 Å². The van der Waals surface area contributed by atoms with E-state index in [0.29, 0.717) is 18.9 Å². The molecule has 3 heterocycles. The predicted molar refractivity (Wildman–Crippen MR) is 116 cm³/mol. The third-order valence-electron chi connectivity index (χ3n) is 6.89. The van der Waals surface area contributed by atoms with Crippen molar-refractivity contribution < 1.29 is 9.18 Å². The summed E-state index contributed by atoms with van der Waals surface area (Å²) in [6.45, 7) is 3.07. The summed E-state index contributed by atoms with van der Waals surface area (Å²) in [6, 6.07) is 16.1. The van der Waals surface area contributed by atoms with Crippen LogP contribution in [0.1, 0.15) is 34.9 Å². The van der Waals surface area contributed by atoms with E-state index in [9.17, 15) is 9.18 Å². The van der Waals surface area contributed by atoms with Gasteiger partial charge in [0.25, 0.3) is 5.91 Å². The summed E-state index contributed by atoms with van der Waals surface area (Å²) in [5, 5.41) is 7.61. The molecule has 2 aliphatic heterocycles. The van der Waals surface area contributed by atoms with Gasteiger partial charge in [0.05, 0.1) is 5.56 Å². The molecule has 2 fully saturated rings. The quantitative estimate of drug-likeness (QED) is 0.705. The second kappa shape index (κ2) is 7.89. The average molecular weight is 420 g/mol. The van der Waals surface area contributed by atoms with Crippen LogP contribution in [0, 0.1) is 11.2 Å². The fourth-order valence-electron chi connectivity index (χ4n) is 5.02. The molecule has 1 N–H and O–H groups in total. The van der Waals surface area contributed by atoms with Crippen molar-refractivity contribution in [3.05, 3.63) is 71.8 Å². The molecule has 0 aliphatic carbocycles. The Hall–Kier alpha value is -3.06. The first-order valence-electron chi connectivity index (χ1n) is 10.8. The standard InChI is InChI=1S/C24H26FN5O/c1-29-13-11-24(12-14-29)16-30(23(31)18-9-5-6-10-20(18)25)15-19(24)22-26-21(27-28-22)17-7-3-2-4-8-17/h2-10,19H,11-16H2,1H3,(H,26,27,28). The van der Waals surface area contributed by atoms with Crippen molar-refractivity contribution in [3.8, 4) is 11.4 Å². The maximum Gasteiger partial charge on any atom is 0.256 e. The van der Waals surface area contributed by atoms with Gasteiger partial charge in [-0.2, -0.15) is 5.10 Å². The number of carbonyl (C=O) groups is 1. The topological polar surface area (TPSA) is 65.1 Å². The second-order valence-corrected chi connectivity index (χ2v) is 8.79. The number of piperidine rings is 1. The van der Waals surface area contributed by atoms with Crippen LogP contribution in [0.5, 0.6) is 0 Å². The number of halogens is 1.